The van der Waals surface area contributed by atoms with Crippen molar-refractivity contribution in [3.05, 3.63) is 0 Å². The van der Waals surface area contributed by atoms with Crippen LogP contribution in [0.5, 0.6) is 0 Å². The van der Waals surface area contributed by atoms with E-state index in [-0.39, 0.29) is 24.4 Å². The molecule has 0 aromatic carbocycles. The number of nitrogens with zero attached hydrogens (tertiary/aromatic N) is 1. The van der Waals surface area contributed by atoms with Crippen molar-refractivity contribution in [2.24, 2.45) is 5.92 Å². The second-order valence-electron chi connectivity index (χ2n) is 6.30. The molecule has 4 nitrogen and oxygen atoms in total. The number of hydrogen-bond donors (Lipinski definition) is 1. The number of carbonyl (C=O) groups excluding carboxylic acids is 2. The summed E-state index contributed by atoms with van der Waals surface area (Å²) in [5.74, 6) is 0.463. The minimum atomic E-state index is -0.644. The summed E-state index contributed by atoms with van der Waals surface area (Å²) >= 11 is 0. The lowest BCUT2D eigenvalue weighted by Gasteiger charge is -2.42. The number of amides is 2. The molecule has 1 N–H and O–H groups in total. The Balaban J connectivity index is 2.02. The number of nitrogens with one attached hydrogen (secondary N) is 1. The number of piperazine rings is 1. The van der Waals surface area contributed by atoms with Gasteiger partial charge in [-0.25, -0.2) is 0 Å². The van der Waals surface area contributed by atoms with Gasteiger partial charge in [-0.2, -0.15) is 0 Å². The molecular formula is C15H26N2O2. The number of unbranched alkanes of at least 4 members (excludes halogenated alkanes) is 2. The molecule has 0 radical (unpaired) electrons. The van der Waals surface area contributed by atoms with E-state index in [2.05, 4.69) is 19.2 Å². The molecule has 2 atom stereocenters. The highest BCUT2D eigenvalue weighted by atomic mass is 16.2. The normalized spacial score (nSPS) is 29.3. The van der Waals surface area contributed by atoms with Crippen LogP contribution < -0.4 is 5.32 Å². The van der Waals surface area contributed by atoms with Gasteiger partial charge in [0.15, 0.2) is 0 Å². The highest BCUT2D eigenvalue weighted by Gasteiger charge is 2.53. The first-order valence-electron chi connectivity index (χ1n) is 7.61. The highest BCUT2D eigenvalue weighted by Crippen LogP contribution is 2.41. The largest absolute Gasteiger partial charge is 0.340 e. The zero-order valence-corrected chi connectivity index (χ0v) is 12.4. The Kier molecular flexibility index (Phi) is 4.16. The smallest absolute Gasteiger partial charge is 0.249 e. The third kappa shape index (κ3) is 2.93. The van der Waals surface area contributed by atoms with Crippen LogP contribution in [-0.4, -0.2) is 34.8 Å². The molecule has 0 aromatic rings. The van der Waals surface area contributed by atoms with Gasteiger partial charge in [-0.3, -0.25) is 9.59 Å². The minimum Gasteiger partial charge on any atom is -0.340 e. The van der Waals surface area contributed by atoms with Crippen LogP contribution in [0, 0.1) is 5.92 Å². The molecule has 1 heterocycles. The number of rotatable bonds is 6. The van der Waals surface area contributed by atoms with E-state index in [1.54, 1.807) is 4.90 Å². The molecular weight excluding hydrogens is 240 g/mol. The SMILES string of the molecule is CCCCCC(C)N1CC(=O)NC(C)(C2CC2)C1=O. The van der Waals surface area contributed by atoms with Gasteiger partial charge in [-0.1, -0.05) is 26.2 Å². The quantitative estimate of drug-likeness (QED) is 0.748. The zero-order valence-electron chi connectivity index (χ0n) is 12.4. The predicted molar refractivity (Wildman–Crippen MR) is 74.6 cm³/mol. The van der Waals surface area contributed by atoms with E-state index in [1.165, 1.54) is 12.8 Å². The maximum atomic E-state index is 12.7. The summed E-state index contributed by atoms with van der Waals surface area (Å²) in [7, 11) is 0. The lowest BCUT2D eigenvalue weighted by molar-refractivity contribution is -0.152. The van der Waals surface area contributed by atoms with Gasteiger partial charge in [0, 0.05) is 6.04 Å². The average molecular weight is 266 g/mol. The predicted octanol–water partition coefficient (Wildman–Crippen LogP) is 2.08. The van der Waals surface area contributed by atoms with Crippen LogP contribution in [0.25, 0.3) is 0 Å². The van der Waals surface area contributed by atoms with E-state index >= 15 is 0 Å². The molecule has 108 valence electrons. The maximum Gasteiger partial charge on any atom is 0.249 e. The molecule has 0 bridgehead atoms. The summed E-state index contributed by atoms with van der Waals surface area (Å²) < 4.78 is 0. The van der Waals surface area contributed by atoms with Crippen molar-refractivity contribution >= 4 is 11.8 Å². The van der Waals surface area contributed by atoms with Gasteiger partial charge < -0.3 is 10.2 Å². The molecule has 1 aliphatic carbocycles. The van der Waals surface area contributed by atoms with Gasteiger partial charge in [0.2, 0.25) is 11.8 Å². The standard InChI is InChI=1S/C15H26N2O2/c1-4-5-6-7-11(2)17-10-13(18)16-15(3,14(17)19)12-8-9-12/h11-12H,4-10H2,1-3H3,(H,16,18). The van der Waals surface area contributed by atoms with Gasteiger partial charge >= 0.3 is 0 Å². The first-order chi connectivity index (χ1) is 8.99. The molecule has 19 heavy (non-hydrogen) atoms. The molecule has 1 aliphatic heterocycles. The summed E-state index contributed by atoms with van der Waals surface area (Å²) in [6.45, 7) is 6.37. The summed E-state index contributed by atoms with van der Waals surface area (Å²) in [4.78, 5) is 26.4. The van der Waals surface area contributed by atoms with Crippen LogP contribution in [0.3, 0.4) is 0 Å². The van der Waals surface area contributed by atoms with E-state index in [1.807, 2.05) is 6.92 Å². The fourth-order valence-electron chi connectivity index (χ4n) is 3.05. The maximum absolute atomic E-state index is 12.7. The van der Waals surface area contributed by atoms with E-state index in [0.29, 0.717) is 5.92 Å². The van der Waals surface area contributed by atoms with Crippen LogP contribution in [-0.2, 0) is 9.59 Å². The molecule has 1 saturated heterocycles. The third-order valence-electron chi connectivity index (χ3n) is 4.57. The monoisotopic (exact) mass is 266 g/mol. The van der Waals surface area contributed by atoms with Gasteiger partial charge in [0.05, 0.1) is 6.54 Å². The van der Waals surface area contributed by atoms with Crippen LogP contribution in [0.15, 0.2) is 0 Å². The highest BCUT2D eigenvalue weighted by molar-refractivity contribution is 5.98. The lowest BCUT2D eigenvalue weighted by Crippen LogP contribution is -2.67. The molecule has 0 aromatic heterocycles. The van der Waals surface area contributed by atoms with E-state index < -0.39 is 5.54 Å². The van der Waals surface area contributed by atoms with Gasteiger partial charge in [-0.15, -0.1) is 0 Å². The van der Waals surface area contributed by atoms with Crippen molar-refractivity contribution in [3.8, 4) is 0 Å². The molecule has 2 aliphatic rings. The van der Waals surface area contributed by atoms with Crippen LogP contribution in [0.4, 0.5) is 0 Å². The number of hydrogen-bond acceptors (Lipinski definition) is 2. The zero-order chi connectivity index (χ0) is 14.0. The minimum absolute atomic E-state index is 0.00339. The Morgan fingerprint density at radius 3 is 2.63 bits per heavy atom. The third-order valence-corrected chi connectivity index (χ3v) is 4.57. The molecule has 0 spiro atoms. The second kappa shape index (κ2) is 5.51. The average Bonchev–Trinajstić information content (AvgIpc) is 3.18. The van der Waals surface area contributed by atoms with Gasteiger partial charge in [0.1, 0.15) is 5.54 Å². The Morgan fingerprint density at radius 2 is 2.05 bits per heavy atom. The second-order valence-corrected chi connectivity index (χ2v) is 6.30. The fourth-order valence-corrected chi connectivity index (χ4v) is 3.05. The van der Waals surface area contributed by atoms with Crippen LogP contribution in [0.2, 0.25) is 0 Å². The van der Waals surface area contributed by atoms with Gasteiger partial charge in [0.25, 0.3) is 0 Å². The molecule has 1 saturated carbocycles. The Bertz CT molecular complexity index is 365. The molecule has 2 fully saturated rings. The van der Waals surface area contributed by atoms with Crippen molar-refractivity contribution in [2.45, 2.75) is 70.9 Å². The molecule has 2 rings (SSSR count). The summed E-state index contributed by atoms with van der Waals surface area (Å²) in [6, 6.07) is 0.170. The Labute approximate surface area is 115 Å². The Morgan fingerprint density at radius 1 is 1.37 bits per heavy atom. The molecule has 2 unspecified atom stereocenters. The Hall–Kier alpha value is -1.06. The topological polar surface area (TPSA) is 49.4 Å². The van der Waals surface area contributed by atoms with Crippen molar-refractivity contribution in [1.82, 2.24) is 10.2 Å². The van der Waals surface area contributed by atoms with E-state index in [4.69, 9.17) is 0 Å². The summed E-state index contributed by atoms with van der Waals surface area (Å²) in [5, 5.41) is 2.93. The van der Waals surface area contributed by atoms with Crippen molar-refractivity contribution < 1.29 is 9.59 Å². The fraction of sp³-hybridized carbons (Fsp3) is 0.867. The lowest BCUT2D eigenvalue weighted by atomic mass is 9.90. The molecule has 4 heteroatoms. The van der Waals surface area contributed by atoms with Crippen LogP contribution >= 0.6 is 0 Å². The van der Waals surface area contributed by atoms with Crippen molar-refractivity contribution in [1.29, 1.82) is 0 Å². The van der Waals surface area contributed by atoms with Gasteiger partial charge in [-0.05, 0) is 39.0 Å². The van der Waals surface area contributed by atoms with E-state index in [0.717, 1.165) is 25.7 Å². The number of carbonyl (C=O) groups is 2. The van der Waals surface area contributed by atoms with E-state index in [9.17, 15) is 9.59 Å². The van der Waals surface area contributed by atoms with Crippen molar-refractivity contribution in [3.63, 3.8) is 0 Å². The first-order valence-corrected chi connectivity index (χ1v) is 7.61. The summed E-state index contributed by atoms with van der Waals surface area (Å²) in [6.07, 6.45) is 6.61. The first kappa shape index (κ1) is 14.4. The molecule has 2 amide bonds. The van der Waals surface area contributed by atoms with Crippen molar-refractivity contribution in [2.75, 3.05) is 6.54 Å². The summed E-state index contributed by atoms with van der Waals surface area (Å²) in [5.41, 5.74) is -0.644. The van der Waals surface area contributed by atoms with Crippen LogP contribution in [0.1, 0.15) is 59.3 Å².